The first kappa shape index (κ1) is 30.6. The van der Waals surface area contributed by atoms with Crippen molar-refractivity contribution in [3.05, 3.63) is 0 Å². The van der Waals surface area contributed by atoms with Gasteiger partial charge in [0.15, 0.2) is 12.2 Å². The van der Waals surface area contributed by atoms with E-state index in [1.807, 2.05) is 0 Å². The van der Waals surface area contributed by atoms with Gasteiger partial charge in [-0.05, 0) is 0 Å². The Bertz CT molecular complexity index is 798. The van der Waals surface area contributed by atoms with Crippen LogP contribution in [0, 0.1) is 0 Å². The van der Waals surface area contributed by atoms with Gasteiger partial charge in [-0.15, -0.1) is 0 Å². The molecule has 4 N–H and O–H groups in total. The smallest absolute Gasteiger partial charge is 0.726 e. The van der Waals surface area contributed by atoms with E-state index in [1.165, 1.54) is 6.92 Å². The van der Waals surface area contributed by atoms with E-state index >= 15 is 0 Å². The third kappa shape index (κ3) is 6.60. The van der Waals surface area contributed by atoms with Crippen molar-refractivity contribution < 1.29 is 126 Å². The fourth-order valence-corrected chi connectivity index (χ4v) is 3.90. The van der Waals surface area contributed by atoms with Gasteiger partial charge < -0.3 is 53.8 Å². The molecule has 3 aliphatic heterocycles. The molecule has 15 nitrogen and oxygen atoms in total. The zero-order chi connectivity index (χ0) is 22.4. The fraction of sp³-hybridized carbons (Fsp3) is 0.857. The van der Waals surface area contributed by atoms with Crippen molar-refractivity contribution in [2.75, 3.05) is 6.61 Å². The molecule has 3 rings (SSSR count). The second-order valence-corrected chi connectivity index (χ2v) is 7.78. The van der Waals surface area contributed by atoms with E-state index < -0.39 is 84.3 Å². The number of aliphatic hydroxyl groups is 4. The van der Waals surface area contributed by atoms with Gasteiger partial charge in [-0.25, -0.2) is 13.4 Å². The van der Waals surface area contributed by atoms with Crippen LogP contribution in [0.2, 0.25) is 0 Å². The van der Waals surface area contributed by atoms with Gasteiger partial charge in [0, 0.05) is 6.92 Å². The third-order valence-corrected chi connectivity index (χ3v) is 5.19. The molecular formula is C14H19NNa2O14S. The number of rotatable bonds is 6. The van der Waals surface area contributed by atoms with Gasteiger partial charge >= 0.3 is 59.1 Å². The Kier molecular flexibility index (Phi) is 11.4. The van der Waals surface area contributed by atoms with Crippen molar-refractivity contribution in [2.45, 2.75) is 68.3 Å². The molecule has 3 aliphatic rings. The minimum Gasteiger partial charge on any atom is -0.726 e. The van der Waals surface area contributed by atoms with Crippen molar-refractivity contribution in [3.8, 4) is 0 Å². The number of aliphatic imine (C=N–C) groups is 1. The van der Waals surface area contributed by atoms with Crippen molar-refractivity contribution in [1.29, 1.82) is 0 Å². The number of fused-ring (bicyclic) bond motifs is 1. The molecule has 2 fully saturated rings. The van der Waals surface area contributed by atoms with E-state index in [0.29, 0.717) is 0 Å². The second-order valence-electron chi connectivity index (χ2n) is 6.77. The predicted octanol–water partition coefficient (Wildman–Crippen LogP) is -11.7. The summed E-state index contributed by atoms with van der Waals surface area (Å²) in [5, 5.41) is 50.4. The summed E-state index contributed by atoms with van der Waals surface area (Å²) >= 11 is 0. The number of hydrogen-bond acceptors (Lipinski definition) is 15. The summed E-state index contributed by atoms with van der Waals surface area (Å²) in [4.78, 5) is 15.2. The molecule has 0 aromatic heterocycles. The molecule has 0 aromatic carbocycles. The van der Waals surface area contributed by atoms with Crippen LogP contribution in [0.3, 0.4) is 0 Å². The van der Waals surface area contributed by atoms with E-state index in [2.05, 4.69) is 9.18 Å². The molecule has 18 heteroatoms. The Morgan fingerprint density at radius 3 is 2.28 bits per heavy atom. The number of nitrogens with zero attached hydrogens (tertiary/aromatic N) is 1. The Labute approximate surface area is 226 Å². The van der Waals surface area contributed by atoms with Crippen LogP contribution in [0.4, 0.5) is 0 Å². The molecule has 3 heterocycles. The predicted molar refractivity (Wildman–Crippen MR) is 84.9 cm³/mol. The molecule has 10 atom stereocenters. The molecule has 32 heavy (non-hydrogen) atoms. The first-order valence-corrected chi connectivity index (χ1v) is 9.93. The second kappa shape index (κ2) is 12.0. The molecule has 0 aromatic rings. The molecule has 2 unspecified atom stereocenters. The minimum absolute atomic E-state index is 0. The number of aliphatic hydroxyl groups excluding tert-OH is 4. The topological polar surface area (TPSA) is 237 Å². The zero-order valence-corrected chi connectivity index (χ0v) is 22.0. The average molecular weight is 503 g/mol. The number of carboxylic acids is 1. The standard InChI is InChI=1S/C14H21NO14S.2Na/c1-3-15-5-10(9(29-30(22,23)24)4(2-16)26-13(5)25-3)27-14-8(19)6(17)7(18)11(28-14)12(20)21;;/h4-11,13-14,16-19H,2H2,1H3,(H,20,21)(H,22,23,24);;/q;2*+1/p-2/t4-,5?,6+,7+,8-,9-,10-,11+,13?,14-;;/m1../s1. The van der Waals surface area contributed by atoms with E-state index in [-0.39, 0.29) is 65.0 Å². The van der Waals surface area contributed by atoms with Crippen LogP contribution < -0.4 is 64.2 Å². The number of hydrogen-bond donors (Lipinski definition) is 4. The van der Waals surface area contributed by atoms with E-state index in [1.54, 1.807) is 0 Å². The van der Waals surface area contributed by atoms with E-state index in [4.69, 9.17) is 18.9 Å². The van der Waals surface area contributed by atoms with E-state index in [9.17, 15) is 43.3 Å². The summed E-state index contributed by atoms with van der Waals surface area (Å²) < 4.78 is 59.0. The number of aliphatic carboxylic acids is 1. The number of carbonyl (C=O) groups is 1. The zero-order valence-electron chi connectivity index (χ0n) is 17.2. The Balaban J connectivity index is 0.00000256. The molecule has 0 saturated carbocycles. The van der Waals surface area contributed by atoms with Gasteiger partial charge in [0.1, 0.15) is 48.8 Å². The maximum Gasteiger partial charge on any atom is 1.00 e. The summed E-state index contributed by atoms with van der Waals surface area (Å²) in [5.41, 5.74) is 0. The summed E-state index contributed by atoms with van der Waals surface area (Å²) in [5.74, 6) is -1.85. The van der Waals surface area contributed by atoms with Crippen LogP contribution in [0.5, 0.6) is 0 Å². The summed E-state index contributed by atoms with van der Waals surface area (Å²) in [6.45, 7) is 0.577. The minimum atomic E-state index is -5.35. The van der Waals surface area contributed by atoms with Crippen molar-refractivity contribution >= 4 is 22.3 Å². The Hall–Kier alpha value is 0.530. The number of carboxylic acid groups (broad SMARTS) is 1. The molecule has 172 valence electrons. The molecule has 2 saturated heterocycles. The van der Waals surface area contributed by atoms with Gasteiger partial charge in [-0.3, -0.25) is 4.18 Å². The van der Waals surface area contributed by atoms with Crippen LogP contribution in [-0.4, -0.2) is 113 Å². The summed E-state index contributed by atoms with van der Waals surface area (Å²) in [6, 6.07) is -1.18. The van der Waals surface area contributed by atoms with Crippen LogP contribution in [0.25, 0.3) is 0 Å². The van der Waals surface area contributed by atoms with Gasteiger partial charge in [-0.2, -0.15) is 0 Å². The Morgan fingerprint density at radius 2 is 1.75 bits per heavy atom. The first-order chi connectivity index (χ1) is 13.9. The Morgan fingerprint density at radius 1 is 1.12 bits per heavy atom. The van der Waals surface area contributed by atoms with Crippen LogP contribution in [0.1, 0.15) is 6.92 Å². The molecular weight excluding hydrogens is 484 g/mol. The van der Waals surface area contributed by atoms with Gasteiger partial charge in [-0.1, -0.05) is 0 Å². The van der Waals surface area contributed by atoms with Crippen LogP contribution in [0.15, 0.2) is 4.99 Å². The maximum atomic E-state index is 11.2. The van der Waals surface area contributed by atoms with Gasteiger partial charge in [0.2, 0.25) is 16.7 Å². The molecule has 0 radical (unpaired) electrons. The van der Waals surface area contributed by atoms with E-state index in [0.717, 1.165) is 0 Å². The monoisotopic (exact) mass is 503 g/mol. The SMILES string of the molecule is CC1=NC2C(O1)O[C@H](CO)[C@@H](OS(=O)(=O)[O-])[C@@H]2O[C@@H]1O[C@H](C(=O)[O-])[C@@H](O)[C@H](O)[C@H]1O.[Na+].[Na+]. The largest absolute Gasteiger partial charge is 1.00 e. The molecule has 0 bridgehead atoms. The fourth-order valence-electron chi connectivity index (χ4n) is 3.40. The van der Waals surface area contributed by atoms with Crippen molar-refractivity contribution in [2.24, 2.45) is 4.99 Å². The first-order valence-electron chi connectivity index (χ1n) is 8.60. The van der Waals surface area contributed by atoms with Crippen molar-refractivity contribution in [3.63, 3.8) is 0 Å². The summed E-state index contributed by atoms with van der Waals surface area (Å²) in [7, 11) is -5.35. The van der Waals surface area contributed by atoms with Gasteiger partial charge in [0.05, 0.1) is 12.6 Å². The molecule has 0 amide bonds. The average Bonchev–Trinajstić information content (AvgIpc) is 3.01. The summed E-state index contributed by atoms with van der Waals surface area (Å²) in [6.07, 6.45) is -16.2. The van der Waals surface area contributed by atoms with Crippen LogP contribution >= 0.6 is 0 Å². The van der Waals surface area contributed by atoms with Crippen molar-refractivity contribution in [1.82, 2.24) is 0 Å². The third-order valence-electron chi connectivity index (χ3n) is 4.73. The number of ether oxygens (including phenoxy) is 4. The molecule has 0 aliphatic carbocycles. The quantitative estimate of drug-likeness (QED) is 0.150. The van der Waals surface area contributed by atoms with Crippen LogP contribution in [-0.2, 0) is 38.3 Å². The maximum absolute atomic E-state index is 11.2. The number of carbonyl (C=O) groups excluding carboxylic acids is 1. The normalized spacial score (nSPS) is 41.4. The van der Waals surface area contributed by atoms with Gasteiger partial charge in [0.25, 0.3) is 0 Å². The molecule has 0 spiro atoms.